The molecule has 2 aromatic rings. The van der Waals surface area contributed by atoms with Gasteiger partial charge in [-0.05, 0) is 59.0 Å². The number of nitrogens with zero attached hydrogens (tertiary/aromatic N) is 4. The summed E-state index contributed by atoms with van der Waals surface area (Å²) < 4.78 is 1.13. The number of anilines is 2. The lowest BCUT2D eigenvalue weighted by molar-refractivity contribution is -0.384. The van der Waals surface area contributed by atoms with Crippen molar-refractivity contribution in [3.05, 3.63) is 62.2 Å². The quantitative estimate of drug-likeness (QED) is 0.458. The van der Waals surface area contributed by atoms with Crippen LogP contribution in [0.25, 0.3) is 0 Å². The number of nitro benzene ring substituents is 1. The molecule has 0 saturated carbocycles. The van der Waals surface area contributed by atoms with Crippen molar-refractivity contribution in [2.75, 3.05) is 10.2 Å². The van der Waals surface area contributed by atoms with Crippen LogP contribution in [-0.4, -0.2) is 11.3 Å². The van der Waals surface area contributed by atoms with Gasteiger partial charge in [-0.3, -0.25) is 15.5 Å². The van der Waals surface area contributed by atoms with Gasteiger partial charge in [-0.1, -0.05) is 0 Å². The van der Waals surface area contributed by atoms with E-state index in [1.165, 1.54) is 12.1 Å². The van der Waals surface area contributed by atoms with E-state index in [1.54, 1.807) is 28.7 Å². The third kappa shape index (κ3) is 3.22. The highest BCUT2D eigenvalue weighted by Crippen LogP contribution is 2.25. The molecule has 22 heavy (non-hydrogen) atoms. The monoisotopic (exact) mass is 431 g/mol. The summed E-state index contributed by atoms with van der Waals surface area (Å²) >= 11 is 2.24. The van der Waals surface area contributed by atoms with E-state index >= 15 is 0 Å². The van der Waals surface area contributed by atoms with E-state index in [-0.39, 0.29) is 18.1 Å². The minimum Gasteiger partial charge on any atom is -0.265 e. The molecule has 2 aromatic carbocycles. The SMILES string of the molecule is Cl.O=[N+]([O-])c1ccc(N2NC=NN2c2ccc(I)cc2)cc1. The Bertz CT molecular complexity index is 693. The summed E-state index contributed by atoms with van der Waals surface area (Å²) in [4.78, 5) is 10.3. The van der Waals surface area contributed by atoms with Crippen molar-refractivity contribution in [2.24, 2.45) is 5.10 Å². The van der Waals surface area contributed by atoms with Gasteiger partial charge in [-0.15, -0.1) is 17.5 Å². The number of rotatable bonds is 3. The zero-order valence-electron chi connectivity index (χ0n) is 11.1. The summed E-state index contributed by atoms with van der Waals surface area (Å²) in [6.45, 7) is 0. The number of hydrogen-bond acceptors (Lipinski definition) is 6. The second-order valence-electron chi connectivity index (χ2n) is 4.22. The zero-order valence-corrected chi connectivity index (χ0v) is 14.1. The first kappa shape index (κ1) is 16.3. The van der Waals surface area contributed by atoms with E-state index in [9.17, 15) is 10.1 Å². The van der Waals surface area contributed by atoms with Crippen LogP contribution in [0.3, 0.4) is 0 Å². The van der Waals surface area contributed by atoms with Crippen molar-refractivity contribution in [1.29, 1.82) is 0 Å². The van der Waals surface area contributed by atoms with Crippen molar-refractivity contribution in [3.63, 3.8) is 0 Å². The van der Waals surface area contributed by atoms with E-state index in [4.69, 9.17) is 0 Å². The minimum atomic E-state index is -0.422. The molecule has 0 radical (unpaired) electrons. The molecule has 0 aliphatic carbocycles. The molecule has 0 atom stereocenters. The number of hydrogen-bond donors (Lipinski definition) is 1. The summed E-state index contributed by atoms with van der Waals surface area (Å²) in [5.41, 5.74) is 4.67. The van der Waals surface area contributed by atoms with Gasteiger partial charge in [0.1, 0.15) is 6.34 Å². The third-order valence-corrected chi connectivity index (χ3v) is 3.62. The zero-order chi connectivity index (χ0) is 14.8. The molecular formula is C13H11ClIN5O2. The lowest BCUT2D eigenvalue weighted by Gasteiger charge is -2.27. The number of non-ortho nitro benzene ring substituents is 1. The van der Waals surface area contributed by atoms with Gasteiger partial charge in [0.05, 0.1) is 16.3 Å². The maximum atomic E-state index is 10.7. The van der Waals surface area contributed by atoms with Gasteiger partial charge in [-0.2, -0.15) is 10.2 Å². The van der Waals surface area contributed by atoms with E-state index in [2.05, 4.69) is 33.1 Å². The number of benzene rings is 2. The fourth-order valence-electron chi connectivity index (χ4n) is 1.90. The van der Waals surface area contributed by atoms with Gasteiger partial charge in [0.15, 0.2) is 0 Å². The average Bonchev–Trinajstić information content (AvgIpc) is 2.97. The Hall–Kier alpha value is -2.07. The molecule has 0 aromatic heterocycles. The molecule has 0 amide bonds. The number of halogens is 2. The van der Waals surface area contributed by atoms with Crippen molar-refractivity contribution in [1.82, 2.24) is 5.43 Å². The topological polar surface area (TPSA) is 74.0 Å². The fourth-order valence-corrected chi connectivity index (χ4v) is 2.26. The largest absolute Gasteiger partial charge is 0.269 e. The molecule has 0 unspecified atom stereocenters. The highest BCUT2D eigenvalue weighted by atomic mass is 127. The Morgan fingerprint density at radius 3 is 2.23 bits per heavy atom. The van der Waals surface area contributed by atoms with Gasteiger partial charge in [-0.25, -0.2) is 0 Å². The van der Waals surface area contributed by atoms with Gasteiger partial charge < -0.3 is 0 Å². The summed E-state index contributed by atoms with van der Waals surface area (Å²) in [5.74, 6) is 0. The Labute approximate surface area is 146 Å². The van der Waals surface area contributed by atoms with Gasteiger partial charge >= 0.3 is 0 Å². The molecule has 7 nitrogen and oxygen atoms in total. The normalized spacial score (nSPS) is 12.8. The Morgan fingerprint density at radius 2 is 1.64 bits per heavy atom. The molecule has 0 fully saturated rings. The first-order valence-corrected chi connectivity index (χ1v) is 7.12. The van der Waals surface area contributed by atoms with E-state index < -0.39 is 4.92 Å². The summed E-state index contributed by atoms with van der Waals surface area (Å²) in [6, 6.07) is 14.1. The summed E-state index contributed by atoms with van der Waals surface area (Å²) in [7, 11) is 0. The summed E-state index contributed by atoms with van der Waals surface area (Å²) in [6.07, 6.45) is 1.55. The maximum Gasteiger partial charge on any atom is 0.269 e. The molecule has 1 aliphatic rings. The molecular weight excluding hydrogens is 421 g/mol. The van der Waals surface area contributed by atoms with Crippen LogP contribution < -0.4 is 15.7 Å². The number of hydrazine groups is 2. The molecule has 1 aliphatic heterocycles. The predicted molar refractivity (Wildman–Crippen MR) is 96.1 cm³/mol. The number of hydrazone groups is 1. The molecule has 1 N–H and O–H groups in total. The standard InChI is InChI=1S/C13H10IN5O2.ClH/c14-10-1-3-11(4-2-10)17-15-9-16-18(17)12-5-7-13(8-6-12)19(20)21;/h1-9H,(H,15,16);1H. The van der Waals surface area contributed by atoms with Crippen LogP contribution in [-0.2, 0) is 0 Å². The van der Waals surface area contributed by atoms with E-state index in [1.807, 2.05) is 24.3 Å². The van der Waals surface area contributed by atoms with Crippen LogP contribution in [0.2, 0.25) is 0 Å². The van der Waals surface area contributed by atoms with Gasteiger partial charge in [0, 0.05) is 15.7 Å². The average molecular weight is 432 g/mol. The highest BCUT2D eigenvalue weighted by Gasteiger charge is 2.20. The second kappa shape index (κ2) is 6.79. The molecule has 0 spiro atoms. The molecule has 0 bridgehead atoms. The molecule has 9 heteroatoms. The Kier molecular flexibility index (Phi) is 5.03. The van der Waals surface area contributed by atoms with Crippen LogP contribution >= 0.6 is 35.0 Å². The number of nitro groups is 1. The highest BCUT2D eigenvalue weighted by molar-refractivity contribution is 14.1. The molecule has 114 valence electrons. The lowest BCUT2D eigenvalue weighted by atomic mass is 10.3. The van der Waals surface area contributed by atoms with Crippen molar-refractivity contribution in [2.45, 2.75) is 0 Å². The fraction of sp³-hybridized carbons (Fsp3) is 0. The molecule has 1 heterocycles. The Balaban J connectivity index is 0.00000176. The molecule has 3 rings (SSSR count). The molecule has 0 saturated heterocycles. The van der Waals surface area contributed by atoms with E-state index in [0.717, 1.165) is 14.9 Å². The van der Waals surface area contributed by atoms with Gasteiger partial charge in [0.25, 0.3) is 5.69 Å². The maximum absolute atomic E-state index is 10.7. The van der Waals surface area contributed by atoms with Crippen LogP contribution in [0.4, 0.5) is 17.1 Å². The van der Waals surface area contributed by atoms with Crippen LogP contribution in [0.5, 0.6) is 0 Å². The predicted octanol–water partition coefficient (Wildman–Crippen LogP) is 3.31. The van der Waals surface area contributed by atoms with Crippen LogP contribution in [0, 0.1) is 13.7 Å². The Morgan fingerprint density at radius 1 is 1.05 bits per heavy atom. The third-order valence-electron chi connectivity index (χ3n) is 2.90. The van der Waals surface area contributed by atoms with E-state index in [0.29, 0.717) is 0 Å². The minimum absolute atomic E-state index is 0. The van der Waals surface area contributed by atoms with Gasteiger partial charge in [0.2, 0.25) is 0 Å². The smallest absolute Gasteiger partial charge is 0.265 e. The number of nitrogens with one attached hydrogen (secondary N) is 1. The van der Waals surface area contributed by atoms with Crippen molar-refractivity contribution < 1.29 is 4.92 Å². The van der Waals surface area contributed by atoms with Crippen LogP contribution in [0.15, 0.2) is 53.6 Å². The second-order valence-corrected chi connectivity index (χ2v) is 5.47. The first-order chi connectivity index (χ1) is 10.1. The lowest BCUT2D eigenvalue weighted by Crippen LogP contribution is -2.42. The van der Waals surface area contributed by atoms with Crippen molar-refractivity contribution in [3.8, 4) is 0 Å². The summed E-state index contributed by atoms with van der Waals surface area (Å²) in [5, 5.41) is 18.3. The van der Waals surface area contributed by atoms with Crippen molar-refractivity contribution >= 4 is 58.4 Å². The first-order valence-electron chi connectivity index (χ1n) is 6.04. The van der Waals surface area contributed by atoms with Crippen LogP contribution in [0.1, 0.15) is 0 Å².